The number of nitrogens with one attached hydrogen (secondary N) is 2. The fraction of sp³-hybridized carbons (Fsp3) is 0.350. The molecule has 138 valence electrons. The van der Waals surface area contributed by atoms with E-state index in [9.17, 15) is 9.18 Å². The average Bonchev–Trinajstić information content (AvgIpc) is 2.65. The van der Waals surface area contributed by atoms with E-state index in [4.69, 9.17) is 9.47 Å². The van der Waals surface area contributed by atoms with Crippen LogP contribution in [0.2, 0.25) is 0 Å². The Morgan fingerprint density at radius 1 is 1.15 bits per heavy atom. The molecule has 0 saturated heterocycles. The van der Waals surface area contributed by atoms with E-state index in [0.717, 1.165) is 5.56 Å². The van der Waals surface area contributed by atoms with Gasteiger partial charge in [-0.05, 0) is 35.7 Å². The molecule has 1 aliphatic heterocycles. The van der Waals surface area contributed by atoms with Gasteiger partial charge in [0.2, 0.25) is 0 Å². The highest BCUT2D eigenvalue weighted by atomic mass is 19.1. The zero-order valence-corrected chi connectivity index (χ0v) is 14.9. The van der Waals surface area contributed by atoms with Gasteiger partial charge in [-0.1, -0.05) is 38.1 Å². The molecular weight excluding hydrogens is 335 g/mol. The molecule has 0 spiro atoms. The van der Waals surface area contributed by atoms with E-state index in [1.807, 2.05) is 38.1 Å². The van der Waals surface area contributed by atoms with E-state index in [1.54, 1.807) is 12.1 Å². The molecule has 2 amide bonds. The van der Waals surface area contributed by atoms with Crippen molar-refractivity contribution in [1.82, 2.24) is 10.6 Å². The summed E-state index contributed by atoms with van der Waals surface area (Å²) in [6, 6.07) is 13.1. The van der Waals surface area contributed by atoms with Crippen molar-refractivity contribution >= 4 is 6.03 Å². The maximum atomic E-state index is 13.1. The average molecular weight is 358 g/mol. The van der Waals surface area contributed by atoms with Gasteiger partial charge in [0.15, 0.2) is 17.6 Å². The Hall–Kier alpha value is -2.76. The Morgan fingerprint density at radius 3 is 2.54 bits per heavy atom. The van der Waals surface area contributed by atoms with Crippen LogP contribution >= 0.6 is 0 Å². The maximum Gasteiger partial charge on any atom is 0.315 e. The fourth-order valence-corrected chi connectivity index (χ4v) is 2.87. The number of rotatable bonds is 5. The number of hydrogen-bond acceptors (Lipinski definition) is 3. The summed E-state index contributed by atoms with van der Waals surface area (Å²) in [5.74, 6) is 1.25. The first kappa shape index (κ1) is 18.0. The quantitative estimate of drug-likeness (QED) is 0.857. The van der Waals surface area contributed by atoms with Gasteiger partial charge < -0.3 is 20.1 Å². The van der Waals surface area contributed by atoms with Gasteiger partial charge in [-0.25, -0.2) is 9.18 Å². The topological polar surface area (TPSA) is 59.6 Å². The summed E-state index contributed by atoms with van der Waals surface area (Å²) >= 11 is 0. The van der Waals surface area contributed by atoms with Crippen molar-refractivity contribution in [2.24, 2.45) is 5.92 Å². The van der Waals surface area contributed by atoms with Crippen LogP contribution in [0.3, 0.4) is 0 Å². The summed E-state index contributed by atoms with van der Waals surface area (Å²) in [6.07, 6.45) is -0.251. The van der Waals surface area contributed by atoms with Crippen LogP contribution in [0.25, 0.3) is 0 Å². The Morgan fingerprint density at radius 2 is 1.85 bits per heavy atom. The second-order valence-electron chi connectivity index (χ2n) is 6.63. The second kappa shape index (κ2) is 8.08. The highest BCUT2D eigenvalue weighted by molar-refractivity contribution is 5.74. The first-order valence-electron chi connectivity index (χ1n) is 8.71. The van der Waals surface area contributed by atoms with Gasteiger partial charge in [0.25, 0.3) is 0 Å². The largest absolute Gasteiger partial charge is 0.486 e. The van der Waals surface area contributed by atoms with Crippen LogP contribution in [0.15, 0.2) is 48.5 Å². The molecule has 1 heterocycles. The van der Waals surface area contributed by atoms with Crippen LogP contribution in [-0.4, -0.2) is 25.3 Å². The van der Waals surface area contributed by atoms with Crippen LogP contribution in [0.4, 0.5) is 9.18 Å². The zero-order valence-electron chi connectivity index (χ0n) is 14.9. The highest BCUT2D eigenvalue weighted by Crippen LogP contribution is 2.30. The van der Waals surface area contributed by atoms with Gasteiger partial charge in [0, 0.05) is 0 Å². The Bertz CT molecular complexity index is 749. The third kappa shape index (κ3) is 4.45. The number of amides is 2. The van der Waals surface area contributed by atoms with E-state index in [-0.39, 0.29) is 29.9 Å². The van der Waals surface area contributed by atoms with Gasteiger partial charge in [0.1, 0.15) is 12.4 Å². The molecule has 1 aliphatic rings. The Balaban J connectivity index is 1.54. The van der Waals surface area contributed by atoms with Crippen LogP contribution < -0.4 is 20.1 Å². The van der Waals surface area contributed by atoms with Gasteiger partial charge >= 0.3 is 6.03 Å². The summed E-state index contributed by atoms with van der Waals surface area (Å²) in [7, 11) is 0. The number of fused-ring (bicyclic) bond motifs is 1. The number of para-hydroxylation sites is 2. The molecule has 0 bridgehead atoms. The molecule has 0 aromatic heterocycles. The lowest BCUT2D eigenvalue weighted by atomic mass is 9.96. The third-order valence-electron chi connectivity index (χ3n) is 4.24. The summed E-state index contributed by atoms with van der Waals surface area (Å²) in [4.78, 5) is 12.3. The molecule has 5 nitrogen and oxygen atoms in total. The molecular formula is C20H23FN2O3. The molecule has 0 fully saturated rings. The molecule has 2 N–H and O–H groups in total. The van der Waals surface area contributed by atoms with E-state index in [0.29, 0.717) is 24.7 Å². The Labute approximate surface area is 152 Å². The number of carbonyl (C=O) groups is 1. The predicted octanol–water partition coefficient (Wildman–Crippen LogP) is 3.66. The molecule has 2 atom stereocenters. The van der Waals surface area contributed by atoms with Gasteiger partial charge in [-0.3, -0.25) is 0 Å². The van der Waals surface area contributed by atoms with Crippen molar-refractivity contribution in [1.29, 1.82) is 0 Å². The SMILES string of the molecule is CC(C)[C@@H](NC(=O)NC[C@H]1COc2ccccc2O1)c1ccc(F)cc1. The maximum absolute atomic E-state index is 13.1. The van der Waals surface area contributed by atoms with Gasteiger partial charge in [-0.2, -0.15) is 0 Å². The van der Waals surface area contributed by atoms with Crippen molar-refractivity contribution in [3.05, 3.63) is 59.9 Å². The van der Waals surface area contributed by atoms with Crippen molar-refractivity contribution in [2.75, 3.05) is 13.2 Å². The standard InChI is InChI=1S/C20H23FN2O3/c1-13(2)19(14-7-9-15(21)10-8-14)23-20(24)22-11-16-12-25-17-5-3-4-6-18(17)26-16/h3-10,13,16,19H,11-12H2,1-2H3,(H2,22,23,24)/t16-,19+/m0/s1. The zero-order chi connectivity index (χ0) is 18.5. The van der Waals surface area contributed by atoms with Crippen LogP contribution in [0, 0.1) is 11.7 Å². The van der Waals surface area contributed by atoms with Crippen LogP contribution in [0.1, 0.15) is 25.5 Å². The third-order valence-corrected chi connectivity index (χ3v) is 4.24. The first-order chi connectivity index (χ1) is 12.5. The molecule has 3 rings (SSSR count). The number of halogens is 1. The number of carbonyl (C=O) groups excluding carboxylic acids is 1. The summed E-state index contributed by atoms with van der Waals surface area (Å²) in [5, 5.41) is 5.76. The minimum absolute atomic E-state index is 0.160. The molecule has 26 heavy (non-hydrogen) atoms. The van der Waals surface area contributed by atoms with Crippen LogP contribution in [0.5, 0.6) is 11.5 Å². The van der Waals surface area contributed by atoms with E-state index in [1.165, 1.54) is 12.1 Å². The lowest BCUT2D eigenvalue weighted by molar-refractivity contribution is 0.0916. The molecule has 0 radical (unpaired) electrons. The molecule has 2 aromatic rings. The first-order valence-corrected chi connectivity index (χ1v) is 8.71. The van der Waals surface area contributed by atoms with Gasteiger partial charge in [0.05, 0.1) is 12.6 Å². The fourth-order valence-electron chi connectivity index (χ4n) is 2.87. The predicted molar refractivity (Wildman–Crippen MR) is 96.9 cm³/mol. The van der Waals surface area contributed by atoms with Crippen LogP contribution in [-0.2, 0) is 0 Å². The monoisotopic (exact) mass is 358 g/mol. The Kier molecular flexibility index (Phi) is 5.61. The lowest BCUT2D eigenvalue weighted by Gasteiger charge is -2.27. The summed E-state index contributed by atoms with van der Waals surface area (Å²) in [5.41, 5.74) is 0.864. The van der Waals surface area contributed by atoms with Crippen molar-refractivity contribution in [2.45, 2.75) is 26.0 Å². The minimum atomic E-state index is -0.296. The number of ether oxygens (including phenoxy) is 2. The summed E-state index contributed by atoms with van der Waals surface area (Å²) < 4.78 is 24.6. The molecule has 0 aliphatic carbocycles. The van der Waals surface area contributed by atoms with Crippen molar-refractivity contribution in [3.63, 3.8) is 0 Å². The van der Waals surface area contributed by atoms with Crippen molar-refractivity contribution < 1.29 is 18.7 Å². The minimum Gasteiger partial charge on any atom is -0.486 e. The van der Waals surface area contributed by atoms with Crippen molar-refractivity contribution in [3.8, 4) is 11.5 Å². The van der Waals surface area contributed by atoms with E-state index >= 15 is 0 Å². The molecule has 2 aromatic carbocycles. The number of urea groups is 1. The smallest absolute Gasteiger partial charge is 0.315 e. The highest BCUT2D eigenvalue weighted by Gasteiger charge is 2.22. The van der Waals surface area contributed by atoms with Gasteiger partial charge in [-0.15, -0.1) is 0 Å². The summed E-state index contributed by atoms with van der Waals surface area (Å²) in [6.45, 7) is 4.71. The lowest BCUT2D eigenvalue weighted by Crippen LogP contribution is -2.46. The van der Waals surface area contributed by atoms with E-state index in [2.05, 4.69) is 10.6 Å². The molecule has 0 unspecified atom stereocenters. The van der Waals surface area contributed by atoms with E-state index < -0.39 is 0 Å². The second-order valence-corrected chi connectivity index (χ2v) is 6.63. The normalized spacial score (nSPS) is 16.8. The molecule has 0 saturated carbocycles. The molecule has 6 heteroatoms. The number of hydrogen-bond donors (Lipinski definition) is 2. The number of benzene rings is 2.